The zero-order valence-electron chi connectivity index (χ0n) is 11.3. The van der Waals surface area contributed by atoms with Gasteiger partial charge >= 0.3 is 0 Å². The minimum atomic E-state index is -2.81. The maximum atomic E-state index is 11.5. The highest BCUT2D eigenvalue weighted by Gasteiger charge is 2.29. The van der Waals surface area contributed by atoms with E-state index in [0.29, 0.717) is 12.3 Å². The lowest BCUT2D eigenvalue weighted by Crippen LogP contribution is -2.51. The zero-order valence-corrected chi connectivity index (χ0v) is 12.1. The van der Waals surface area contributed by atoms with E-state index in [4.69, 9.17) is 4.74 Å². The summed E-state index contributed by atoms with van der Waals surface area (Å²) in [5.74, 6) is 0.578. The van der Waals surface area contributed by atoms with Crippen LogP contribution in [0.15, 0.2) is 0 Å². The monoisotopic (exact) mass is 276 g/mol. The Morgan fingerprint density at radius 1 is 1.44 bits per heavy atom. The molecule has 2 rings (SSSR count). The minimum Gasteiger partial charge on any atom is -0.373 e. The maximum absolute atomic E-state index is 11.5. The van der Waals surface area contributed by atoms with Gasteiger partial charge in [-0.3, -0.25) is 4.90 Å². The molecule has 5 nitrogen and oxygen atoms in total. The van der Waals surface area contributed by atoms with Crippen molar-refractivity contribution in [2.75, 3.05) is 44.3 Å². The molecular weight excluding hydrogens is 252 g/mol. The lowest BCUT2D eigenvalue weighted by Gasteiger charge is -2.38. The van der Waals surface area contributed by atoms with Crippen LogP contribution in [-0.4, -0.2) is 69.3 Å². The van der Waals surface area contributed by atoms with Gasteiger partial charge in [0.2, 0.25) is 0 Å². The van der Waals surface area contributed by atoms with Gasteiger partial charge in [-0.25, -0.2) is 8.42 Å². The summed E-state index contributed by atoms with van der Waals surface area (Å²) in [6.45, 7) is 8.38. The van der Waals surface area contributed by atoms with Gasteiger partial charge in [0.1, 0.15) is 0 Å². The molecule has 106 valence electrons. The van der Waals surface area contributed by atoms with Crippen molar-refractivity contribution in [3.63, 3.8) is 0 Å². The second kappa shape index (κ2) is 5.45. The van der Waals surface area contributed by atoms with Gasteiger partial charge in [0.05, 0.1) is 23.7 Å². The SMILES string of the molecule is CC1(C)CN(CCC2CS(=O)(=O)CCN2)CCO1. The van der Waals surface area contributed by atoms with Crippen LogP contribution in [-0.2, 0) is 14.6 Å². The van der Waals surface area contributed by atoms with Crippen molar-refractivity contribution in [1.82, 2.24) is 10.2 Å². The molecular formula is C12H24N2O3S. The molecule has 0 bridgehead atoms. The fourth-order valence-corrected chi connectivity index (χ4v) is 4.19. The average Bonchev–Trinajstić information content (AvgIpc) is 2.24. The third kappa shape index (κ3) is 4.19. The second-order valence-electron chi connectivity index (χ2n) is 5.94. The number of morpholine rings is 1. The fraction of sp³-hybridized carbons (Fsp3) is 1.00. The Balaban J connectivity index is 1.77. The van der Waals surface area contributed by atoms with E-state index >= 15 is 0 Å². The molecule has 0 radical (unpaired) electrons. The quantitative estimate of drug-likeness (QED) is 0.778. The molecule has 0 aromatic carbocycles. The summed E-state index contributed by atoms with van der Waals surface area (Å²) in [5.41, 5.74) is -0.0790. The van der Waals surface area contributed by atoms with Crippen molar-refractivity contribution in [3.05, 3.63) is 0 Å². The minimum absolute atomic E-state index is 0.0790. The Morgan fingerprint density at radius 3 is 2.89 bits per heavy atom. The second-order valence-corrected chi connectivity index (χ2v) is 8.17. The topological polar surface area (TPSA) is 58.6 Å². The average molecular weight is 276 g/mol. The predicted molar refractivity (Wildman–Crippen MR) is 71.5 cm³/mol. The molecule has 1 atom stereocenters. The molecule has 2 heterocycles. The van der Waals surface area contributed by atoms with Gasteiger partial charge in [0.15, 0.2) is 9.84 Å². The first-order valence-electron chi connectivity index (χ1n) is 6.66. The van der Waals surface area contributed by atoms with Gasteiger partial charge in [-0.1, -0.05) is 0 Å². The van der Waals surface area contributed by atoms with Crippen molar-refractivity contribution in [1.29, 1.82) is 0 Å². The first kappa shape index (κ1) is 14.2. The third-order valence-corrected chi connectivity index (χ3v) is 5.34. The van der Waals surface area contributed by atoms with Crippen LogP contribution < -0.4 is 5.32 Å². The molecule has 18 heavy (non-hydrogen) atoms. The summed E-state index contributed by atoms with van der Waals surface area (Å²) in [6, 6.07) is 0.120. The molecule has 0 saturated carbocycles. The van der Waals surface area contributed by atoms with Crippen LogP contribution in [0.1, 0.15) is 20.3 Å². The smallest absolute Gasteiger partial charge is 0.153 e. The standard InChI is InChI=1S/C12H24N2O3S/c1-12(2)10-14(6-7-17-12)5-3-11-9-18(15,16)8-4-13-11/h11,13H,3-10H2,1-2H3. The molecule has 2 fully saturated rings. The van der Waals surface area contributed by atoms with Crippen molar-refractivity contribution in [2.24, 2.45) is 0 Å². The molecule has 2 aliphatic rings. The Labute approximate surface area is 110 Å². The van der Waals surface area contributed by atoms with E-state index in [1.165, 1.54) is 0 Å². The number of ether oxygens (including phenoxy) is 1. The molecule has 1 N–H and O–H groups in total. The number of sulfone groups is 1. The van der Waals surface area contributed by atoms with E-state index in [1.807, 2.05) is 0 Å². The highest BCUT2D eigenvalue weighted by Crippen LogP contribution is 2.17. The summed E-state index contributed by atoms with van der Waals surface area (Å²) in [5, 5.41) is 3.30. The molecule has 0 aromatic heterocycles. The Morgan fingerprint density at radius 2 is 2.22 bits per heavy atom. The van der Waals surface area contributed by atoms with Crippen LogP contribution in [0.2, 0.25) is 0 Å². The van der Waals surface area contributed by atoms with E-state index in [0.717, 1.165) is 32.7 Å². The fourth-order valence-electron chi connectivity index (χ4n) is 2.70. The molecule has 6 heteroatoms. The predicted octanol–water partition coefficient (Wildman–Crippen LogP) is -0.126. The highest BCUT2D eigenvalue weighted by atomic mass is 32.2. The van der Waals surface area contributed by atoms with E-state index < -0.39 is 9.84 Å². The van der Waals surface area contributed by atoms with Gasteiger partial charge in [0, 0.05) is 25.7 Å². The molecule has 0 amide bonds. The molecule has 2 aliphatic heterocycles. The van der Waals surface area contributed by atoms with Gasteiger partial charge in [0.25, 0.3) is 0 Å². The number of hydrogen-bond donors (Lipinski definition) is 1. The Bertz CT molecular complexity index is 381. The third-order valence-electron chi connectivity index (χ3n) is 3.60. The van der Waals surface area contributed by atoms with Crippen LogP contribution in [0.4, 0.5) is 0 Å². The normalized spacial score (nSPS) is 32.2. The largest absolute Gasteiger partial charge is 0.373 e. The molecule has 2 saturated heterocycles. The van der Waals surface area contributed by atoms with Crippen molar-refractivity contribution >= 4 is 9.84 Å². The van der Waals surface area contributed by atoms with E-state index in [2.05, 4.69) is 24.1 Å². The van der Waals surface area contributed by atoms with E-state index in [9.17, 15) is 8.42 Å². The lowest BCUT2D eigenvalue weighted by molar-refractivity contribution is -0.0863. The van der Waals surface area contributed by atoms with Crippen molar-refractivity contribution in [3.8, 4) is 0 Å². The molecule has 0 spiro atoms. The lowest BCUT2D eigenvalue weighted by atomic mass is 10.1. The molecule has 0 aliphatic carbocycles. The van der Waals surface area contributed by atoms with Gasteiger partial charge in [-0.05, 0) is 26.8 Å². The zero-order chi connectivity index (χ0) is 13.2. The van der Waals surface area contributed by atoms with Crippen LogP contribution >= 0.6 is 0 Å². The summed E-state index contributed by atoms with van der Waals surface area (Å²) < 4.78 is 28.8. The highest BCUT2D eigenvalue weighted by molar-refractivity contribution is 7.91. The van der Waals surface area contributed by atoms with Crippen LogP contribution in [0.25, 0.3) is 0 Å². The Kier molecular flexibility index (Phi) is 4.31. The van der Waals surface area contributed by atoms with Gasteiger partial charge in [-0.2, -0.15) is 0 Å². The van der Waals surface area contributed by atoms with Gasteiger partial charge < -0.3 is 10.1 Å². The number of nitrogens with zero attached hydrogens (tertiary/aromatic N) is 1. The van der Waals surface area contributed by atoms with Gasteiger partial charge in [-0.15, -0.1) is 0 Å². The first-order chi connectivity index (χ1) is 8.36. The number of hydrogen-bond acceptors (Lipinski definition) is 5. The molecule has 1 unspecified atom stereocenters. The summed E-state index contributed by atoms with van der Waals surface area (Å²) >= 11 is 0. The van der Waals surface area contributed by atoms with Crippen LogP contribution in [0, 0.1) is 0 Å². The van der Waals surface area contributed by atoms with Crippen molar-refractivity contribution < 1.29 is 13.2 Å². The summed E-state index contributed by atoms with van der Waals surface area (Å²) in [4.78, 5) is 2.37. The summed E-state index contributed by atoms with van der Waals surface area (Å²) in [7, 11) is -2.81. The van der Waals surface area contributed by atoms with Crippen molar-refractivity contribution in [2.45, 2.75) is 31.9 Å². The van der Waals surface area contributed by atoms with E-state index in [-0.39, 0.29) is 17.4 Å². The van der Waals surface area contributed by atoms with E-state index in [1.54, 1.807) is 0 Å². The molecule has 0 aromatic rings. The Hall–Kier alpha value is -0.170. The first-order valence-corrected chi connectivity index (χ1v) is 8.49. The van der Waals surface area contributed by atoms with Crippen LogP contribution in [0.3, 0.4) is 0 Å². The van der Waals surface area contributed by atoms with Crippen LogP contribution in [0.5, 0.6) is 0 Å². The maximum Gasteiger partial charge on any atom is 0.153 e. The number of rotatable bonds is 3. The summed E-state index contributed by atoms with van der Waals surface area (Å²) in [6.07, 6.45) is 0.898. The number of nitrogens with one attached hydrogen (secondary N) is 1.